The first kappa shape index (κ1) is 11.9. The van der Waals surface area contributed by atoms with Crippen LogP contribution in [0, 0.1) is 5.82 Å². The maximum atomic E-state index is 13.2. The van der Waals surface area contributed by atoms with Crippen molar-refractivity contribution in [1.82, 2.24) is 4.90 Å². The highest BCUT2D eigenvalue weighted by atomic mass is 35.5. The molecule has 0 saturated carbocycles. The topological polar surface area (TPSA) is 46.3 Å². The molecule has 0 unspecified atom stereocenters. The van der Waals surface area contributed by atoms with Gasteiger partial charge in [0.2, 0.25) is 0 Å². The fourth-order valence-corrected chi connectivity index (χ4v) is 1.33. The number of nitrogens with zero attached hydrogens (tertiary/aromatic N) is 1. The molecule has 5 heteroatoms. The van der Waals surface area contributed by atoms with Gasteiger partial charge in [0.15, 0.2) is 5.78 Å². The average Bonchev–Trinajstić information content (AvgIpc) is 2.12. The number of ketones is 1. The third-order valence-electron chi connectivity index (χ3n) is 1.86. The lowest BCUT2D eigenvalue weighted by Crippen LogP contribution is -2.21. The lowest BCUT2D eigenvalue weighted by Gasteiger charge is -2.09. The molecule has 1 rings (SSSR count). The Morgan fingerprint density at radius 3 is 2.60 bits per heavy atom. The van der Waals surface area contributed by atoms with Crippen molar-refractivity contribution in [2.45, 2.75) is 0 Å². The molecule has 0 bridgehead atoms. The molecule has 3 nitrogen and oxygen atoms in total. The zero-order valence-corrected chi connectivity index (χ0v) is 9.31. The summed E-state index contributed by atoms with van der Waals surface area (Å²) in [5, 5.41) is 0.0668. The van der Waals surface area contributed by atoms with Gasteiger partial charge in [0, 0.05) is 5.56 Å². The number of rotatable bonds is 3. The molecule has 0 aromatic heterocycles. The third-order valence-corrected chi connectivity index (χ3v) is 2.17. The van der Waals surface area contributed by atoms with Crippen molar-refractivity contribution >= 4 is 23.1 Å². The van der Waals surface area contributed by atoms with Crippen molar-refractivity contribution in [2.24, 2.45) is 0 Å². The molecule has 1 aromatic carbocycles. The number of carbonyl (C=O) groups is 1. The second-order valence-electron chi connectivity index (χ2n) is 3.51. The number of carbonyl (C=O) groups excluding carboxylic acids is 1. The molecule has 0 fully saturated rings. The van der Waals surface area contributed by atoms with Gasteiger partial charge >= 0.3 is 0 Å². The van der Waals surface area contributed by atoms with E-state index in [9.17, 15) is 9.18 Å². The molecule has 1 aromatic rings. The van der Waals surface area contributed by atoms with E-state index in [1.165, 1.54) is 6.07 Å². The summed E-state index contributed by atoms with van der Waals surface area (Å²) in [5.74, 6) is -0.856. The number of Topliss-reactive ketones (excluding diaryl/α,β-unsaturated/α-hetero) is 1. The lowest BCUT2D eigenvalue weighted by atomic mass is 10.1. The smallest absolute Gasteiger partial charge is 0.176 e. The van der Waals surface area contributed by atoms with Crippen LogP contribution < -0.4 is 5.73 Å². The maximum Gasteiger partial charge on any atom is 0.176 e. The summed E-state index contributed by atoms with van der Waals surface area (Å²) >= 11 is 5.67. The molecule has 2 N–H and O–H groups in total. The SMILES string of the molecule is CN(C)CC(=O)c1cc(F)c(N)c(Cl)c1. The second-order valence-corrected chi connectivity index (χ2v) is 3.92. The van der Waals surface area contributed by atoms with Crippen LogP contribution in [0.15, 0.2) is 12.1 Å². The maximum absolute atomic E-state index is 13.2. The van der Waals surface area contributed by atoms with Crippen molar-refractivity contribution in [2.75, 3.05) is 26.4 Å². The van der Waals surface area contributed by atoms with Gasteiger partial charge in [-0.3, -0.25) is 4.79 Å². The van der Waals surface area contributed by atoms with E-state index in [2.05, 4.69) is 0 Å². The summed E-state index contributed by atoms with van der Waals surface area (Å²) in [5.41, 5.74) is 5.43. The Labute approximate surface area is 92.6 Å². The molecule has 0 aliphatic rings. The Bertz CT molecular complexity index is 370. The van der Waals surface area contributed by atoms with Gasteiger partial charge in [0.05, 0.1) is 17.3 Å². The number of likely N-dealkylation sites (N-methyl/N-ethyl adjacent to an activating group) is 1. The van der Waals surface area contributed by atoms with Crippen LogP contribution in [0.2, 0.25) is 5.02 Å². The van der Waals surface area contributed by atoms with Crippen LogP contribution in [-0.2, 0) is 0 Å². The Morgan fingerprint density at radius 2 is 2.13 bits per heavy atom. The standard InChI is InChI=1S/C10H12ClFN2O/c1-14(2)5-9(15)6-3-7(11)10(13)8(12)4-6/h3-4H,5,13H2,1-2H3. The first-order chi connectivity index (χ1) is 6.91. The van der Waals surface area contributed by atoms with E-state index in [4.69, 9.17) is 17.3 Å². The number of hydrogen-bond acceptors (Lipinski definition) is 3. The fraction of sp³-hybridized carbons (Fsp3) is 0.300. The molecule has 82 valence electrons. The van der Waals surface area contributed by atoms with E-state index in [1.54, 1.807) is 19.0 Å². The van der Waals surface area contributed by atoms with E-state index in [0.29, 0.717) is 0 Å². The van der Waals surface area contributed by atoms with Gasteiger partial charge in [-0.25, -0.2) is 4.39 Å². The van der Waals surface area contributed by atoms with Gasteiger partial charge in [-0.1, -0.05) is 11.6 Å². The predicted octanol–water partition coefficient (Wildman–Crippen LogP) is 1.81. The molecule has 15 heavy (non-hydrogen) atoms. The van der Waals surface area contributed by atoms with Gasteiger partial charge in [-0.2, -0.15) is 0 Å². The van der Waals surface area contributed by atoms with E-state index in [1.807, 2.05) is 0 Å². The molecule has 0 radical (unpaired) electrons. The number of benzene rings is 1. The van der Waals surface area contributed by atoms with E-state index < -0.39 is 5.82 Å². The van der Waals surface area contributed by atoms with Gasteiger partial charge in [-0.05, 0) is 26.2 Å². The molecule has 0 saturated heterocycles. The quantitative estimate of drug-likeness (QED) is 0.636. The number of nitrogen functional groups attached to an aromatic ring is 1. The molecule has 0 atom stereocenters. The normalized spacial score (nSPS) is 10.7. The summed E-state index contributed by atoms with van der Waals surface area (Å²) in [7, 11) is 3.51. The number of anilines is 1. The van der Waals surface area contributed by atoms with Crippen LogP contribution in [-0.4, -0.2) is 31.3 Å². The lowest BCUT2D eigenvalue weighted by molar-refractivity contribution is 0.0957. The Morgan fingerprint density at radius 1 is 1.53 bits per heavy atom. The predicted molar refractivity (Wildman–Crippen MR) is 58.7 cm³/mol. The van der Waals surface area contributed by atoms with Crippen LogP contribution in [0.5, 0.6) is 0 Å². The van der Waals surface area contributed by atoms with Gasteiger partial charge in [0.1, 0.15) is 5.82 Å². The molecule has 0 amide bonds. The average molecular weight is 231 g/mol. The van der Waals surface area contributed by atoms with Crippen molar-refractivity contribution < 1.29 is 9.18 Å². The molecule has 0 spiro atoms. The summed E-state index contributed by atoms with van der Waals surface area (Å²) in [4.78, 5) is 13.3. The Hall–Kier alpha value is -1.13. The first-order valence-corrected chi connectivity index (χ1v) is 4.72. The van der Waals surface area contributed by atoms with Crippen molar-refractivity contribution in [3.8, 4) is 0 Å². The Balaban J connectivity index is 3.01. The van der Waals surface area contributed by atoms with Crippen LogP contribution in [0.25, 0.3) is 0 Å². The van der Waals surface area contributed by atoms with E-state index in [0.717, 1.165) is 6.07 Å². The first-order valence-electron chi connectivity index (χ1n) is 4.34. The van der Waals surface area contributed by atoms with Crippen molar-refractivity contribution in [1.29, 1.82) is 0 Å². The largest absolute Gasteiger partial charge is 0.395 e. The minimum absolute atomic E-state index is 0.0668. The highest BCUT2D eigenvalue weighted by molar-refractivity contribution is 6.33. The van der Waals surface area contributed by atoms with Gasteiger partial charge < -0.3 is 10.6 Å². The van der Waals surface area contributed by atoms with Crippen LogP contribution >= 0.6 is 11.6 Å². The molecular weight excluding hydrogens is 219 g/mol. The minimum Gasteiger partial charge on any atom is -0.395 e. The van der Waals surface area contributed by atoms with Crippen molar-refractivity contribution in [3.05, 3.63) is 28.5 Å². The highest BCUT2D eigenvalue weighted by Gasteiger charge is 2.12. The zero-order chi connectivity index (χ0) is 11.6. The van der Waals surface area contributed by atoms with Crippen LogP contribution in [0.3, 0.4) is 0 Å². The molecule has 0 heterocycles. The molecular formula is C10H12ClFN2O. The minimum atomic E-state index is -0.662. The third kappa shape index (κ3) is 2.91. The summed E-state index contributed by atoms with van der Waals surface area (Å²) in [6, 6.07) is 2.48. The summed E-state index contributed by atoms with van der Waals surface area (Å²) < 4.78 is 13.2. The highest BCUT2D eigenvalue weighted by Crippen LogP contribution is 2.23. The zero-order valence-electron chi connectivity index (χ0n) is 8.55. The number of halogens is 2. The Kier molecular flexibility index (Phi) is 3.66. The molecule has 0 aliphatic heterocycles. The monoisotopic (exact) mass is 230 g/mol. The fourth-order valence-electron chi connectivity index (χ4n) is 1.12. The summed E-state index contributed by atoms with van der Waals surface area (Å²) in [6.45, 7) is 0.208. The van der Waals surface area contributed by atoms with Crippen molar-refractivity contribution in [3.63, 3.8) is 0 Å². The van der Waals surface area contributed by atoms with Crippen LogP contribution in [0.1, 0.15) is 10.4 Å². The second kappa shape index (κ2) is 4.59. The van der Waals surface area contributed by atoms with Gasteiger partial charge in [0.25, 0.3) is 0 Å². The van der Waals surface area contributed by atoms with E-state index >= 15 is 0 Å². The number of hydrogen-bond donors (Lipinski definition) is 1. The molecule has 0 aliphatic carbocycles. The summed E-state index contributed by atoms with van der Waals surface area (Å²) in [6.07, 6.45) is 0. The number of nitrogens with two attached hydrogens (primary N) is 1. The van der Waals surface area contributed by atoms with Gasteiger partial charge in [-0.15, -0.1) is 0 Å². The van der Waals surface area contributed by atoms with Crippen LogP contribution in [0.4, 0.5) is 10.1 Å². The van der Waals surface area contributed by atoms with E-state index in [-0.39, 0.29) is 28.6 Å².